The van der Waals surface area contributed by atoms with Crippen LogP contribution in [0.15, 0.2) is 30.6 Å². The number of esters is 1. The fourth-order valence-electron chi connectivity index (χ4n) is 2.07. The summed E-state index contributed by atoms with van der Waals surface area (Å²) in [4.78, 5) is 47.0. The predicted molar refractivity (Wildman–Crippen MR) is 106 cm³/mol. The van der Waals surface area contributed by atoms with Gasteiger partial charge in [0.25, 0.3) is 0 Å². The molecule has 0 saturated carbocycles. The molecule has 28 heavy (non-hydrogen) atoms. The standard InChI is InChI=1S/C19H24N4O4S/c1-19(2,3)17(26)22-10-13-6-7-15(28-13)14(24)12-27-16(25)11-23(4)18-20-8-5-9-21-18/h5-9H,10-12H2,1-4H3,(H,22,26). The Morgan fingerprint density at radius 3 is 2.50 bits per heavy atom. The largest absolute Gasteiger partial charge is 0.456 e. The van der Waals surface area contributed by atoms with E-state index in [4.69, 9.17) is 4.74 Å². The molecule has 0 radical (unpaired) electrons. The van der Waals surface area contributed by atoms with Crippen molar-refractivity contribution in [3.8, 4) is 0 Å². The maximum absolute atomic E-state index is 12.2. The summed E-state index contributed by atoms with van der Waals surface area (Å²) < 4.78 is 5.05. The second kappa shape index (κ2) is 9.41. The average molecular weight is 404 g/mol. The number of hydrogen-bond acceptors (Lipinski definition) is 8. The lowest BCUT2D eigenvalue weighted by Crippen LogP contribution is -2.34. The van der Waals surface area contributed by atoms with Crippen LogP contribution in [0, 0.1) is 5.41 Å². The van der Waals surface area contributed by atoms with Crippen LogP contribution in [0.3, 0.4) is 0 Å². The molecule has 2 heterocycles. The highest BCUT2D eigenvalue weighted by atomic mass is 32.1. The van der Waals surface area contributed by atoms with Gasteiger partial charge >= 0.3 is 5.97 Å². The van der Waals surface area contributed by atoms with Crippen LogP contribution in [0.5, 0.6) is 0 Å². The Labute approximate surface area is 167 Å². The van der Waals surface area contributed by atoms with Gasteiger partial charge in [0.1, 0.15) is 6.54 Å². The number of ketones is 1. The Morgan fingerprint density at radius 1 is 1.18 bits per heavy atom. The molecule has 0 saturated heterocycles. The van der Waals surface area contributed by atoms with Crippen LogP contribution < -0.4 is 10.2 Å². The average Bonchev–Trinajstić information content (AvgIpc) is 3.13. The van der Waals surface area contributed by atoms with E-state index in [1.165, 1.54) is 16.2 Å². The van der Waals surface area contributed by atoms with Crippen molar-refractivity contribution in [1.82, 2.24) is 15.3 Å². The molecule has 0 aliphatic heterocycles. The third kappa shape index (κ3) is 6.41. The lowest BCUT2D eigenvalue weighted by atomic mass is 9.96. The summed E-state index contributed by atoms with van der Waals surface area (Å²) in [6, 6.07) is 5.13. The van der Waals surface area contributed by atoms with Crippen molar-refractivity contribution in [3.63, 3.8) is 0 Å². The Kier molecular flexibility index (Phi) is 7.22. The first-order chi connectivity index (χ1) is 13.2. The minimum atomic E-state index is -0.544. The van der Waals surface area contributed by atoms with E-state index in [-0.39, 0.29) is 24.8 Å². The number of aromatic nitrogens is 2. The van der Waals surface area contributed by atoms with Crippen molar-refractivity contribution in [1.29, 1.82) is 0 Å². The van der Waals surface area contributed by atoms with Crippen LogP contribution in [-0.2, 0) is 20.9 Å². The van der Waals surface area contributed by atoms with E-state index in [1.54, 1.807) is 37.6 Å². The molecule has 0 spiro atoms. The highest BCUT2D eigenvalue weighted by Crippen LogP contribution is 2.18. The Bertz CT molecular complexity index is 830. The summed E-state index contributed by atoms with van der Waals surface area (Å²) in [6.45, 7) is 5.46. The lowest BCUT2D eigenvalue weighted by molar-refractivity contribution is -0.140. The monoisotopic (exact) mass is 404 g/mol. The summed E-state index contributed by atoms with van der Waals surface area (Å²) >= 11 is 1.27. The van der Waals surface area contributed by atoms with Gasteiger partial charge in [-0.25, -0.2) is 9.97 Å². The van der Waals surface area contributed by atoms with Gasteiger partial charge in [-0.05, 0) is 18.2 Å². The van der Waals surface area contributed by atoms with Crippen molar-refractivity contribution in [2.45, 2.75) is 27.3 Å². The number of rotatable bonds is 8. The van der Waals surface area contributed by atoms with Gasteiger partial charge in [-0.3, -0.25) is 14.4 Å². The minimum Gasteiger partial charge on any atom is -0.456 e. The number of thiophene rings is 1. The maximum Gasteiger partial charge on any atom is 0.326 e. The molecule has 0 aliphatic carbocycles. The molecule has 2 aromatic rings. The third-order valence-corrected chi connectivity index (χ3v) is 4.79. The molecule has 2 aromatic heterocycles. The Hall–Kier alpha value is -2.81. The second-order valence-electron chi connectivity index (χ2n) is 7.19. The Balaban J connectivity index is 1.79. The fraction of sp³-hybridized carbons (Fsp3) is 0.421. The van der Waals surface area contributed by atoms with Crippen molar-refractivity contribution >= 4 is 34.9 Å². The zero-order chi connectivity index (χ0) is 20.7. The highest BCUT2D eigenvalue weighted by Gasteiger charge is 2.21. The van der Waals surface area contributed by atoms with E-state index in [0.29, 0.717) is 17.4 Å². The number of nitrogens with zero attached hydrogens (tertiary/aromatic N) is 3. The SMILES string of the molecule is CN(CC(=O)OCC(=O)c1ccc(CNC(=O)C(C)(C)C)s1)c1ncccn1. The van der Waals surface area contributed by atoms with Gasteiger partial charge in [-0.2, -0.15) is 0 Å². The molecule has 1 amide bonds. The summed E-state index contributed by atoms with van der Waals surface area (Å²) in [6.07, 6.45) is 3.15. The van der Waals surface area contributed by atoms with E-state index in [2.05, 4.69) is 15.3 Å². The first-order valence-electron chi connectivity index (χ1n) is 8.71. The number of anilines is 1. The van der Waals surface area contributed by atoms with Gasteiger partial charge in [-0.1, -0.05) is 20.8 Å². The number of carbonyl (C=O) groups is 3. The molecular formula is C19H24N4O4S. The summed E-state index contributed by atoms with van der Waals surface area (Å²) in [5.41, 5.74) is -0.470. The molecule has 0 aromatic carbocycles. The van der Waals surface area contributed by atoms with Crippen LogP contribution in [0.4, 0.5) is 5.95 Å². The van der Waals surface area contributed by atoms with Gasteiger partial charge in [0, 0.05) is 29.7 Å². The fourth-order valence-corrected chi connectivity index (χ4v) is 2.94. The lowest BCUT2D eigenvalue weighted by Gasteiger charge is -2.17. The van der Waals surface area contributed by atoms with Crippen molar-refractivity contribution in [2.24, 2.45) is 5.41 Å². The first-order valence-corrected chi connectivity index (χ1v) is 9.52. The van der Waals surface area contributed by atoms with Gasteiger partial charge in [0.2, 0.25) is 17.6 Å². The molecule has 0 unspecified atom stereocenters. The van der Waals surface area contributed by atoms with E-state index < -0.39 is 11.4 Å². The zero-order valence-electron chi connectivity index (χ0n) is 16.4. The number of carbonyl (C=O) groups excluding carboxylic acids is 3. The number of Topliss-reactive ketones (excluding diaryl/α,β-unsaturated/α-hetero) is 1. The van der Waals surface area contributed by atoms with E-state index in [1.807, 2.05) is 20.8 Å². The van der Waals surface area contributed by atoms with Crippen LogP contribution >= 0.6 is 11.3 Å². The molecule has 9 heteroatoms. The Morgan fingerprint density at radius 2 is 1.86 bits per heavy atom. The predicted octanol–water partition coefficient (Wildman–Crippen LogP) is 2.06. The number of likely N-dealkylation sites (N-methyl/N-ethyl adjacent to an activating group) is 1. The van der Waals surface area contributed by atoms with Crippen LogP contribution in [0.1, 0.15) is 35.3 Å². The molecular weight excluding hydrogens is 380 g/mol. The highest BCUT2D eigenvalue weighted by molar-refractivity contribution is 7.14. The van der Waals surface area contributed by atoms with Crippen molar-refractivity contribution < 1.29 is 19.1 Å². The number of nitrogens with one attached hydrogen (secondary N) is 1. The van der Waals surface area contributed by atoms with Crippen molar-refractivity contribution in [3.05, 3.63) is 40.3 Å². The quantitative estimate of drug-likeness (QED) is 0.531. The molecule has 2 rings (SSSR count). The van der Waals surface area contributed by atoms with Gasteiger partial charge in [0.05, 0.1) is 11.4 Å². The van der Waals surface area contributed by atoms with Gasteiger partial charge in [-0.15, -0.1) is 11.3 Å². The molecule has 1 N–H and O–H groups in total. The third-order valence-electron chi connectivity index (χ3n) is 3.66. The summed E-state index contributed by atoms with van der Waals surface area (Å²) in [7, 11) is 1.66. The van der Waals surface area contributed by atoms with E-state index in [0.717, 1.165) is 4.88 Å². The summed E-state index contributed by atoms with van der Waals surface area (Å²) in [5, 5.41) is 2.84. The van der Waals surface area contributed by atoms with Gasteiger partial charge in [0.15, 0.2) is 6.61 Å². The summed E-state index contributed by atoms with van der Waals surface area (Å²) in [5.74, 6) is -0.497. The van der Waals surface area contributed by atoms with Crippen LogP contribution in [0.25, 0.3) is 0 Å². The minimum absolute atomic E-state index is 0.0609. The van der Waals surface area contributed by atoms with Gasteiger partial charge < -0.3 is 15.0 Å². The van der Waals surface area contributed by atoms with Crippen molar-refractivity contribution in [2.75, 3.05) is 25.1 Å². The maximum atomic E-state index is 12.2. The molecule has 8 nitrogen and oxygen atoms in total. The van der Waals surface area contributed by atoms with E-state index in [9.17, 15) is 14.4 Å². The smallest absolute Gasteiger partial charge is 0.326 e. The molecule has 0 bridgehead atoms. The first kappa shape index (κ1) is 21.5. The number of ether oxygens (including phenoxy) is 1. The topological polar surface area (TPSA) is 101 Å². The van der Waals surface area contributed by atoms with E-state index >= 15 is 0 Å². The second-order valence-corrected chi connectivity index (χ2v) is 8.36. The number of amides is 1. The molecule has 0 aliphatic rings. The van der Waals surface area contributed by atoms with Crippen LogP contribution in [-0.4, -0.2) is 47.8 Å². The number of hydrogen-bond donors (Lipinski definition) is 1. The normalized spacial score (nSPS) is 11.0. The molecule has 0 atom stereocenters. The zero-order valence-corrected chi connectivity index (χ0v) is 17.2. The molecule has 150 valence electrons. The molecule has 0 fully saturated rings. The van der Waals surface area contributed by atoms with Crippen LogP contribution in [0.2, 0.25) is 0 Å².